The predicted octanol–water partition coefficient (Wildman–Crippen LogP) is 2.03. The minimum atomic E-state index is -3.61. The van der Waals surface area contributed by atoms with Crippen molar-refractivity contribution in [3.8, 4) is 0 Å². The third kappa shape index (κ3) is 6.12. The van der Waals surface area contributed by atoms with Gasteiger partial charge in [-0.15, -0.1) is 0 Å². The molecule has 1 aromatic rings. The lowest BCUT2D eigenvalue weighted by Crippen LogP contribution is -2.41. The Kier molecular flexibility index (Phi) is 7.98. The topological polar surface area (TPSA) is 106 Å². The van der Waals surface area contributed by atoms with Crippen LogP contribution in [-0.2, 0) is 24.3 Å². The largest absolute Gasteiger partial charge is 0.455 e. The number of piperidine rings is 1. The van der Waals surface area contributed by atoms with Crippen LogP contribution in [-0.4, -0.2) is 55.8 Å². The van der Waals surface area contributed by atoms with Crippen LogP contribution >= 0.6 is 0 Å². The number of pyridine rings is 1. The van der Waals surface area contributed by atoms with E-state index in [1.807, 2.05) is 0 Å². The molecule has 9 heteroatoms. The summed E-state index contributed by atoms with van der Waals surface area (Å²) < 4.78 is 31.7. The number of carbonyl (C=O) groups excluding carboxylic acids is 2. The van der Waals surface area contributed by atoms with Gasteiger partial charge in [0.15, 0.2) is 6.61 Å². The Balaban J connectivity index is 1.37. The Morgan fingerprint density at radius 2 is 2.03 bits per heavy atom. The number of amides is 1. The van der Waals surface area contributed by atoms with Gasteiger partial charge in [0.1, 0.15) is 4.90 Å². The monoisotopic (exact) mass is 435 g/mol. The molecule has 2 aliphatic rings. The van der Waals surface area contributed by atoms with Gasteiger partial charge in [-0.25, -0.2) is 8.42 Å². The first-order valence-electron chi connectivity index (χ1n) is 10.5. The lowest BCUT2D eigenvalue weighted by atomic mass is 9.97. The van der Waals surface area contributed by atoms with Crippen LogP contribution in [0.4, 0.5) is 0 Å². The van der Waals surface area contributed by atoms with Gasteiger partial charge in [0.25, 0.3) is 5.91 Å². The van der Waals surface area contributed by atoms with Crippen LogP contribution in [0.1, 0.15) is 44.9 Å². The van der Waals surface area contributed by atoms with Crippen LogP contribution in [0, 0.1) is 5.92 Å². The summed E-state index contributed by atoms with van der Waals surface area (Å²) in [6, 6.07) is 3.08. The Hall–Kier alpha value is -2.26. The second kappa shape index (κ2) is 10.7. The number of hydrogen-bond donors (Lipinski definition) is 1. The van der Waals surface area contributed by atoms with Crippen molar-refractivity contribution >= 4 is 21.9 Å². The standard InChI is InChI=1S/C21H29N3O5S/c25-20(23-12-8-17-5-2-1-3-6-17)16-29-21(26)18-9-13-24(14-10-18)30(27,28)19-7-4-11-22-15-19/h4-5,7,11,15,18H,1-3,6,8-10,12-14,16H2,(H,23,25). The minimum Gasteiger partial charge on any atom is -0.455 e. The summed E-state index contributed by atoms with van der Waals surface area (Å²) in [4.78, 5) is 28.2. The molecule has 0 saturated carbocycles. The van der Waals surface area contributed by atoms with Crippen LogP contribution in [0.15, 0.2) is 41.1 Å². The molecule has 30 heavy (non-hydrogen) atoms. The van der Waals surface area contributed by atoms with Crippen molar-refractivity contribution in [2.24, 2.45) is 5.92 Å². The van der Waals surface area contributed by atoms with Crippen molar-refractivity contribution in [2.75, 3.05) is 26.2 Å². The predicted molar refractivity (Wildman–Crippen MR) is 111 cm³/mol. The van der Waals surface area contributed by atoms with E-state index in [4.69, 9.17) is 4.74 Å². The summed E-state index contributed by atoms with van der Waals surface area (Å²) in [5.41, 5.74) is 1.38. The second-order valence-electron chi connectivity index (χ2n) is 7.68. The molecule has 0 atom stereocenters. The molecule has 0 spiro atoms. The van der Waals surface area contributed by atoms with Gasteiger partial charge in [-0.2, -0.15) is 4.31 Å². The lowest BCUT2D eigenvalue weighted by molar-refractivity contribution is -0.153. The van der Waals surface area contributed by atoms with Gasteiger partial charge < -0.3 is 10.1 Å². The molecule has 2 heterocycles. The fraction of sp³-hybridized carbons (Fsp3) is 0.571. The highest BCUT2D eigenvalue weighted by Gasteiger charge is 2.33. The zero-order chi connectivity index (χ0) is 21.4. The number of hydrogen-bond acceptors (Lipinski definition) is 6. The van der Waals surface area contributed by atoms with Crippen molar-refractivity contribution in [3.05, 3.63) is 36.2 Å². The van der Waals surface area contributed by atoms with E-state index in [1.165, 1.54) is 41.2 Å². The summed E-state index contributed by atoms with van der Waals surface area (Å²) in [6.45, 7) is 0.718. The number of rotatable bonds is 8. The first-order chi connectivity index (χ1) is 14.5. The van der Waals surface area contributed by atoms with E-state index < -0.39 is 21.9 Å². The highest BCUT2D eigenvalue weighted by Crippen LogP contribution is 2.24. The summed E-state index contributed by atoms with van der Waals surface area (Å²) in [7, 11) is -3.61. The maximum atomic E-state index is 12.6. The average Bonchev–Trinajstić information content (AvgIpc) is 2.79. The molecular formula is C21H29N3O5S. The first-order valence-corrected chi connectivity index (χ1v) is 11.9. The number of nitrogens with one attached hydrogen (secondary N) is 1. The van der Waals surface area contributed by atoms with Crippen LogP contribution < -0.4 is 5.32 Å². The molecule has 1 aliphatic carbocycles. The van der Waals surface area contributed by atoms with Crippen molar-refractivity contribution in [1.29, 1.82) is 0 Å². The van der Waals surface area contributed by atoms with Crippen molar-refractivity contribution in [3.63, 3.8) is 0 Å². The third-order valence-corrected chi connectivity index (χ3v) is 7.44. The summed E-state index contributed by atoms with van der Waals surface area (Å²) >= 11 is 0. The first kappa shape index (κ1) is 22.4. The highest BCUT2D eigenvalue weighted by atomic mass is 32.2. The molecule has 0 unspecified atom stereocenters. The van der Waals surface area contributed by atoms with Gasteiger partial charge in [-0.05, 0) is 57.1 Å². The average molecular weight is 436 g/mol. The Morgan fingerprint density at radius 3 is 2.70 bits per heavy atom. The number of ether oxygens (including phenoxy) is 1. The second-order valence-corrected chi connectivity index (χ2v) is 9.62. The minimum absolute atomic E-state index is 0.145. The number of allylic oxidation sites excluding steroid dienone is 1. The van der Waals surface area contributed by atoms with Gasteiger partial charge in [0.2, 0.25) is 10.0 Å². The number of aromatic nitrogens is 1. The van der Waals surface area contributed by atoms with Gasteiger partial charge >= 0.3 is 5.97 Å². The van der Waals surface area contributed by atoms with Crippen molar-refractivity contribution in [1.82, 2.24) is 14.6 Å². The number of carbonyl (C=O) groups is 2. The van der Waals surface area contributed by atoms with Crippen LogP contribution in [0.2, 0.25) is 0 Å². The van der Waals surface area contributed by atoms with E-state index in [9.17, 15) is 18.0 Å². The molecular weight excluding hydrogens is 406 g/mol. The van der Waals surface area contributed by atoms with Crippen LogP contribution in [0.5, 0.6) is 0 Å². The number of sulfonamides is 1. The number of esters is 1. The molecule has 1 N–H and O–H groups in total. The Bertz CT molecular complexity index is 862. The van der Waals surface area contributed by atoms with Gasteiger partial charge in [0.05, 0.1) is 5.92 Å². The fourth-order valence-electron chi connectivity index (χ4n) is 3.78. The highest BCUT2D eigenvalue weighted by molar-refractivity contribution is 7.89. The van der Waals surface area contributed by atoms with Gasteiger partial charge in [-0.3, -0.25) is 14.6 Å². The van der Waals surface area contributed by atoms with E-state index in [1.54, 1.807) is 6.07 Å². The molecule has 1 aliphatic heterocycles. The van der Waals surface area contributed by atoms with Crippen molar-refractivity contribution in [2.45, 2.75) is 49.8 Å². The molecule has 1 saturated heterocycles. The molecule has 1 fully saturated rings. The molecule has 3 rings (SSSR count). The fourth-order valence-corrected chi connectivity index (χ4v) is 5.21. The van der Waals surface area contributed by atoms with Crippen LogP contribution in [0.3, 0.4) is 0 Å². The van der Waals surface area contributed by atoms with E-state index in [2.05, 4.69) is 16.4 Å². The maximum Gasteiger partial charge on any atom is 0.309 e. The van der Waals surface area contributed by atoms with Crippen molar-refractivity contribution < 1.29 is 22.7 Å². The molecule has 0 bridgehead atoms. The lowest BCUT2D eigenvalue weighted by Gasteiger charge is -2.29. The molecule has 1 amide bonds. The zero-order valence-corrected chi connectivity index (χ0v) is 17.9. The SMILES string of the molecule is O=C(COC(=O)C1CCN(S(=O)(=O)c2cccnc2)CC1)NCCC1=CCCCC1. The molecule has 0 aromatic carbocycles. The smallest absolute Gasteiger partial charge is 0.309 e. The van der Waals surface area contributed by atoms with E-state index >= 15 is 0 Å². The zero-order valence-electron chi connectivity index (χ0n) is 17.1. The third-order valence-electron chi connectivity index (χ3n) is 5.56. The molecule has 0 radical (unpaired) electrons. The molecule has 164 valence electrons. The normalized spacial score (nSPS) is 18.5. The summed E-state index contributed by atoms with van der Waals surface area (Å²) in [6.07, 6.45) is 11.3. The van der Waals surface area contributed by atoms with E-state index in [-0.39, 0.29) is 30.5 Å². The van der Waals surface area contributed by atoms with E-state index in [0.29, 0.717) is 19.4 Å². The number of nitrogens with zero attached hydrogens (tertiary/aromatic N) is 2. The van der Waals surface area contributed by atoms with Gasteiger partial charge in [0, 0.05) is 32.0 Å². The summed E-state index contributed by atoms with van der Waals surface area (Å²) in [5.74, 6) is -1.15. The summed E-state index contributed by atoms with van der Waals surface area (Å²) in [5, 5.41) is 2.78. The Labute approximate surface area is 177 Å². The van der Waals surface area contributed by atoms with Crippen LogP contribution in [0.25, 0.3) is 0 Å². The maximum absolute atomic E-state index is 12.6. The van der Waals surface area contributed by atoms with E-state index in [0.717, 1.165) is 19.3 Å². The quantitative estimate of drug-likeness (QED) is 0.495. The Morgan fingerprint density at radius 1 is 1.23 bits per heavy atom. The van der Waals surface area contributed by atoms with Gasteiger partial charge in [-0.1, -0.05) is 11.6 Å². The molecule has 8 nitrogen and oxygen atoms in total. The molecule has 1 aromatic heterocycles.